The van der Waals surface area contributed by atoms with Crippen molar-refractivity contribution in [2.45, 2.75) is 44.7 Å². The standard InChI is InChI=1S/C10H19NO5/c1-10(2,3)16-9(15)11-4-6(12)8(14)7(13)5-11/h6-8,12-14H,4-5H2,1-3H3/t6-,7+,8-. The first kappa shape index (κ1) is 13.2. The molecule has 0 aromatic heterocycles. The summed E-state index contributed by atoms with van der Waals surface area (Å²) in [6.45, 7) is 5.13. The number of carbonyl (C=O) groups excluding carboxylic acids is 1. The summed E-state index contributed by atoms with van der Waals surface area (Å²) in [6, 6.07) is 0. The number of rotatable bonds is 0. The quantitative estimate of drug-likeness (QED) is 0.516. The van der Waals surface area contributed by atoms with Crippen molar-refractivity contribution in [1.29, 1.82) is 0 Å². The minimum absolute atomic E-state index is 0.0346. The summed E-state index contributed by atoms with van der Waals surface area (Å²) in [4.78, 5) is 12.8. The number of aliphatic hydroxyl groups is 3. The molecule has 0 unspecified atom stereocenters. The number of likely N-dealkylation sites (tertiary alicyclic amines) is 1. The smallest absolute Gasteiger partial charge is 0.410 e. The Morgan fingerprint density at radius 2 is 1.62 bits per heavy atom. The first-order valence-electron chi connectivity index (χ1n) is 5.23. The van der Waals surface area contributed by atoms with Crippen LogP contribution < -0.4 is 0 Å². The van der Waals surface area contributed by atoms with Crippen LogP contribution in [0.1, 0.15) is 20.8 Å². The van der Waals surface area contributed by atoms with Gasteiger partial charge in [0.2, 0.25) is 0 Å². The Morgan fingerprint density at radius 1 is 1.19 bits per heavy atom. The minimum atomic E-state index is -1.21. The van der Waals surface area contributed by atoms with Gasteiger partial charge in [-0.25, -0.2) is 4.79 Å². The summed E-state index contributed by atoms with van der Waals surface area (Å²) in [7, 11) is 0. The van der Waals surface area contributed by atoms with Gasteiger partial charge in [-0.15, -0.1) is 0 Å². The summed E-state index contributed by atoms with van der Waals surface area (Å²) in [5.74, 6) is 0. The zero-order chi connectivity index (χ0) is 12.5. The fraction of sp³-hybridized carbons (Fsp3) is 0.900. The van der Waals surface area contributed by atoms with E-state index in [1.54, 1.807) is 20.8 Å². The van der Waals surface area contributed by atoms with Crippen LogP contribution in [0.5, 0.6) is 0 Å². The summed E-state index contributed by atoms with van der Waals surface area (Å²) in [5.41, 5.74) is -0.622. The lowest BCUT2D eigenvalue weighted by molar-refractivity contribution is -0.109. The molecule has 3 atom stereocenters. The molecule has 3 N–H and O–H groups in total. The molecule has 1 rings (SSSR count). The van der Waals surface area contributed by atoms with Crippen LogP contribution >= 0.6 is 0 Å². The van der Waals surface area contributed by atoms with Crippen molar-refractivity contribution in [3.05, 3.63) is 0 Å². The summed E-state index contributed by atoms with van der Waals surface area (Å²) < 4.78 is 5.09. The van der Waals surface area contributed by atoms with Crippen LogP contribution in [0, 0.1) is 0 Å². The van der Waals surface area contributed by atoms with Gasteiger partial charge in [-0.1, -0.05) is 0 Å². The summed E-state index contributed by atoms with van der Waals surface area (Å²) >= 11 is 0. The third-order valence-corrected chi connectivity index (χ3v) is 2.26. The molecule has 94 valence electrons. The van der Waals surface area contributed by atoms with Gasteiger partial charge < -0.3 is 25.0 Å². The molecule has 1 saturated heterocycles. The summed E-state index contributed by atoms with van der Waals surface area (Å²) in [5, 5.41) is 28.1. The van der Waals surface area contributed by atoms with Gasteiger partial charge in [-0.05, 0) is 20.8 Å². The average Bonchev–Trinajstić information content (AvgIpc) is 2.10. The van der Waals surface area contributed by atoms with E-state index >= 15 is 0 Å². The van der Waals surface area contributed by atoms with E-state index in [4.69, 9.17) is 4.74 Å². The molecule has 0 saturated carbocycles. The molecule has 0 bridgehead atoms. The summed E-state index contributed by atoms with van der Waals surface area (Å²) in [6.07, 6.45) is -4.09. The lowest BCUT2D eigenvalue weighted by Crippen LogP contribution is -2.57. The van der Waals surface area contributed by atoms with Crippen LogP contribution in [0.15, 0.2) is 0 Å². The van der Waals surface area contributed by atoms with E-state index in [1.807, 2.05) is 0 Å². The van der Waals surface area contributed by atoms with Crippen molar-refractivity contribution < 1.29 is 24.9 Å². The van der Waals surface area contributed by atoms with Crippen molar-refractivity contribution in [3.63, 3.8) is 0 Å². The number of ether oxygens (including phenoxy) is 1. The van der Waals surface area contributed by atoms with Gasteiger partial charge in [0.1, 0.15) is 23.9 Å². The maximum Gasteiger partial charge on any atom is 0.410 e. The van der Waals surface area contributed by atoms with Crippen LogP contribution in [0.2, 0.25) is 0 Å². The van der Waals surface area contributed by atoms with Gasteiger partial charge in [0.25, 0.3) is 0 Å². The highest BCUT2D eigenvalue weighted by Gasteiger charge is 2.37. The number of aliphatic hydroxyl groups excluding tert-OH is 3. The zero-order valence-corrected chi connectivity index (χ0v) is 9.75. The number of hydrogen-bond donors (Lipinski definition) is 3. The monoisotopic (exact) mass is 233 g/mol. The van der Waals surface area contributed by atoms with Gasteiger partial charge in [0.05, 0.1) is 13.1 Å². The second-order valence-corrected chi connectivity index (χ2v) is 5.01. The molecule has 1 amide bonds. The molecule has 1 heterocycles. The molecule has 16 heavy (non-hydrogen) atoms. The van der Waals surface area contributed by atoms with E-state index in [9.17, 15) is 20.1 Å². The molecule has 0 aromatic carbocycles. The Labute approximate surface area is 94.4 Å². The Morgan fingerprint density at radius 3 is 2.00 bits per heavy atom. The third kappa shape index (κ3) is 3.33. The molecule has 1 aliphatic rings. The first-order chi connectivity index (χ1) is 7.20. The Hall–Kier alpha value is -0.850. The number of piperidine rings is 1. The normalized spacial score (nSPS) is 31.4. The zero-order valence-electron chi connectivity index (χ0n) is 9.75. The number of nitrogens with zero attached hydrogens (tertiary/aromatic N) is 1. The Kier molecular flexibility index (Phi) is 3.77. The Balaban J connectivity index is 2.58. The third-order valence-electron chi connectivity index (χ3n) is 2.26. The maximum atomic E-state index is 11.6. The van der Waals surface area contributed by atoms with Crippen LogP contribution in [-0.2, 0) is 4.74 Å². The maximum absolute atomic E-state index is 11.6. The van der Waals surface area contributed by atoms with Crippen LogP contribution in [0.25, 0.3) is 0 Å². The van der Waals surface area contributed by atoms with E-state index in [0.717, 1.165) is 0 Å². The lowest BCUT2D eigenvalue weighted by atomic mass is 10.0. The van der Waals surface area contributed by atoms with Crippen molar-refractivity contribution in [3.8, 4) is 0 Å². The van der Waals surface area contributed by atoms with Crippen LogP contribution in [0.3, 0.4) is 0 Å². The molecular weight excluding hydrogens is 214 g/mol. The highest BCUT2D eigenvalue weighted by Crippen LogP contribution is 2.16. The molecule has 1 aliphatic heterocycles. The molecule has 0 aliphatic carbocycles. The second kappa shape index (κ2) is 4.57. The first-order valence-corrected chi connectivity index (χ1v) is 5.23. The van der Waals surface area contributed by atoms with Crippen molar-refractivity contribution in [1.82, 2.24) is 4.90 Å². The molecule has 6 nitrogen and oxygen atoms in total. The highest BCUT2D eigenvalue weighted by molar-refractivity contribution is 5.68. The van der Waals surface area contributed by atoms with E-state index in [-0.39, 0.29) is 13.1 Å². The molecular formula is C10H19NO5. The van der Waals surface area contributed by atoms with Gasteiger partial charge in [0, 0.05) is 0 Å². The van der Waals surface area contributed by atoms with Gasteiger partial charge in [-0.2, -0.15) is 0 Å². The topological polar surface area (TPSA) is 90.2 Å². The molecule has 0 aromatic rings. The number of β-amino-alcohol motifs (C(OH)–C–C–N with tert-alkyl or cyclic N) is 2. The predicted molar refractivity (Wildman–Crippen MR) is 55.8 cm³/mol. The van der Waals surface area contributed by atoms with Gasteiger partial charge in [-0.3, -0.25) is 0 Å². The fourth-order valence-electron chi connectivity index (χ4n) is 1.47. The number of hydrogen-bond acceptors (Lipinski definition) is 5. The number of carbonyl (C=O) groups is 1. The van der Waals surface area contributed by atoms with Crippen molar-refractivity contribution in [2.75, 3.05) is 13.1 Å². The van der Waals surface area contributed by atoms with Gasteiger partial charge in [0.15, 0.2) is 0 Å². The van der Waals surface area contributed by atoms with Crippen LogP contribution in [-0.4, -0.2) is 63.3 Å². The van der Waals surface area contributed by atoms with Crippen molar-refractivity contribution in [2.24, 2.45) is 0 Å². The average molecular weight is 233 g/mol. The van der Waals surface area contributed by atoms with Gasteiger partial charge >= 0.3 is 6.09 Å². The van der Waals surface area contributed by atoms with E-state index < -0.39 is 30.0 Å². The van der Waals surface area contributed by atoms with Crippen molar-refractivity contribution >= 4 is 6.09 Å². The second-order valence-electron chi connectivity index (χ2n) is 5.01. The molecule has 1 fully saturated rings. The lowest BCUT2D eigenvalue weighted by Gasteiger charge is -2.37. The molecule has 6 heteroatoms. The fourth-order valence-corrected chi connectivity index (χ4v) is 1.47. The molecule has 0 spiro atoms. The van der Waals surface area contributed by atoms with E-state index in [1.165, 1.54) is 4.90 Å². The van der Waals surface area contributed by atoms with E-state index in [2.05, 4.69) is 0 Å². The Bertz CT molecular complexity index is 250. The highest BCUT2D eigenvalue weighted by atomic mass is 16.6. The van der Waals surface area contributed by atoms with E-state index in [0.29, 0.717) is 0 Å². The minimum Gasteiger partial charge on any atom is -0.444 e. The SMILES string of the molecule is CC(C)(C)OC(=O)N1C[C@@H](O)[C@@H](O)[C@@H](O)C1. The molecule has 0 radical (unpaired) electrons. The largest absolute Gasteiger partial charge is 0.444 e. The predicted octanol–water partition coefficient (Wildman–Crippen LogP) is -0.680. The van der Waals surface area contributed by atoms with Crippen LogP contribution in [0.4, 0.5) is 4.79 Å². The number of amides is 1.